The van der Waals surface area contributed by atoms with Crippen molar-refractivity contribution in [3.05, 3.63) is 0 Å². The van der Waals surface area contributed by atoms with Crippen LogP contribution in [-0.4, -0.2) is 59.4 Å². The lowest BCUT2D eigenvalue weighted by atomic mass is 9.98. The Balaban J connectivity index is 2.29. The van der Waals surface area contributed by atoms with Crippen molar-refractivity contribution in [1.82, 2.24) is 10.2 Å². The van der Waals surface area contributed by atoms with Crippen LogP contribution in [0.1, 0.15) is 26.2 Å². The number of nitrogens with one attached hydrogen (secondary N) is 1. The molecular weight excluding hydrogens is 208 g/mol. The van der Waals surface area contributed by atoms with E-state index in [-0.39, 0.29) is 12.5 Å². The molecule has 1 aliphatic heterocycles. The second-order valence-electron chi connectivity index (χ2n) is 4.70. The molecular formula is C11H22N2O3. The lowest BCUT2D eigenvalue weighted by molar-refractivity contribution is -0.122. The van der Waals surface area contributed by atoms with Crippen LogP contribution < -0.4 is 5.32 Å². The molecule has 16 heavy (non-hydrogen) atoms. The molecule has 0 bridgehead atoms. The molecule has 1 atom stereocenters. The Morgan fingerprint density at radius 3 is 2.88 bits per heavy atom. The molecule has 0 radical (unpaired) electrons. The monoisotopic (exact) mass is 230 g/mol. The number of carbonyl (C=O) groups is 1. The third-order valence-electron chi connectivity index (χ3n) is 2.96. The first kappa shape index (κ1) is 13.4. The summed E-state index contributed by atoms with van der Waals surface area (Å²) in [4.78, 5) is 13.5. The number of aliphatic hydroxyl groups excluding tert-OH is 1. The van der Waals surface area contributed by atoms with Crippen LogP contribution in [0.25, 0.3) is 0 Å². The van der Waals surface area contributed by atoms with Crippen molar-refractivity contribution in [3.8, 4) is 0 Å². The molecule has 1 unspecified atom stereocenters. The summed E-state index contributed by atoms with van der Waals surface area (Å²) in [7, 11) is 0. The van der Waals surface area contributed by atoms with E-state index in [0.29, 0.717) is 19.5 Å². The third kappa shape index (κ3) is 4.92. The molecule has 0 spiro atoms. The number of carbonyl (C=O) groups excluding carboxylic acids is 1. The first-order valence-corrected chi connectivity index (χ1v) is 5.86. The molecule has 3 N–H and O–H groups in total. The van der Waals surface area contributed by atoms with Gasteiger partial charge in [0.15, 0.2) is 0 Å². The fourth-order valence-electron chi connectivity index (χ4n) is 1.93. The summed E-state index contributed by atoms with van der Waals surface area (Å²) in [6, 6.07) is 0. The molecule has 1 rings (SSSR count). The predicted octanol–water partition coefficient (Wildman–Crippen LogP) is -0.668. The predicted molar refractivity (Wildman–Crippen MR) is 61.0 cm³/mol. The van der Waals surface area contributed by atoms with Gasteiger partial charge in [-0.2, -0.15) is 0 Å². The van der Waals surface area contributed by atoms with Crippen LogP contribution in [0.4, 0.5) is 0 Å². The van der Waals surface area contributed by atoms with Crippen molar-refractivity contribution in [3.63, 3.8) is 0 Å². The second-order valence-corrected chi connectivity index (χ2v) is 4.70. The summed E-state index contributed by atoms with van der Waals surface area (Å²) in [5, 5.41) is 21.1. The molecule has 0 saturated carbocycles. The Labute approximate surface area is 96.4 Å². The fourth-order valence-corrected chi connectivity index (χ4v) is 1.93. The lowest BCUT2D eigenvalue weighted by Crippen LogP contribution is -2.39. The van der Waals surface area contributed by atoms with Crippen molar-refractivity contribution in [2.45, 2.75) is 31.8 Å². The minimum absolute atomic E-state index is 0.0273. The average molecular weight is 230 g/mol. The summed E-state index contributed by atoms with van der Waals surface area (Å²) < 4.78 is 0. The summed E-state index contributed by atoms with van der Waals surface area (Å²) in [5.74, 6) is -0.0596. The Bertz CT molecular complexity index is 231. The summed E-state index contributed by atoms with van der Waals surface area (Å²) in [6.45, 7) is 4.09. The zero-order chi connectivity index (χ0) is 12.0. The minimum Gasteiger partial charge on any atom is -0.395 e. The Kier molecular flexibility index (Phi) is 5.18. The van der Waals surface area contributed by atoms with E-state index in [2.05, 4.69) is 5.32 Å². The zero-order valence-corrected chi connectivity index (χ0v) is 9.91. The lowest BCUT2D eigenvalue weighted by Gasteiger charge is -2.21. The molecule has 1 saturated heterocycles. The number of amides is 1. The van der Waals surface area contributed by atoms with E-state index in [0.717, 1.165) is 25.9 Å². The first-order chi connectivity index (χ1) is 7.53. The Hall–Kier alpha value is -0.650. The highest BCUT2D eigenvalue weighted by Gasteiger charge is 2.25. The van der Waals surface area contributed by atoms with Crippen LogP contribution >= 0.6 is 0 Å². The van der Waals surface area contributed by atoms with Crippen molar-refractivity contribution in [2.24, 2.45) is 0 Å². The quantitative estimate of drug-likeness (QED) is 0.599. The Morgan fingerprint density at radius 2 is 2.19 bits per heavy atom. The zero-order valence-electron chi connectivity index (χ0n) is 9.91. The summed E-state index contributed by atoms with van der Waals surface area (Å²) in [6.07, 6.45) is 2.42. The SMILES string of the molecule is CC1(O)CCCN(CC(=O)NCCO)CC1. The molecule has 0 aromatic carbocycles. The molecule has 0 aliphatic carbocycles. The Morgan fingerprint density at radius 1 is 1.44 bits per heavy atom. The van der Waals surface area contributed by atoms with Gasteiger partial charge in [-0.1, -0.05) is 0 Å². The molecule has 5 heteroatoms. The summed E-state index contributed by atoms with van der Waals surface area (Å²) in [5.41, 5.74) is -0.587. The number of hydrogen-bond acceptors (Lipinski definition) is 4. The van der Waals surface area contributed by atoms with Crippen LogP contribution in [0.2, 0.25) is 0 Å². The largest absolute Gasteiger partial charge is 0.395 e. The van der Waals surface area contributed by atoms with Crippen molar-refractivity contribution in [1.29, 1.82) is 0 Å². The topological polar surface area (TPSA) is 72.8 Å². The standard InChI is InChI=1S/C11H22N2O3/c1-11(16)3-2-6-13(7-4-11)9-10(15)12-5-8-14/h14,16H,2-9H2,1H3,(H,12,15). The maximum Gasteiger partial charge on any atom is 0.234 e. The third-order valence-corrected chi connectivity index (χ3v) is 2.96. The molecule has 1 fully saturated rings. The maximum atomic E-state index is 11.4. The van der Waals surface area contributed by atoms with Crippen LogP contribution in [-0.2, 0) is 4.79 Å². The first-order valence-electron chi connectivity index (χ1n) is 5.86. The maximum absolute atomic E-state index is 11.4. The van der Waals surface area contributed by atoms with E-state index in [1.54, 1.807) is 0 Å². The molecule has 1 amide bonds. The normalized spacial score (nSPS) is 27.4. The van der Waals surface area contributed by atoms with Gasteiger partial charge < -0.3 is 15.5 Å². The van der Waals surface area contributed by atoms with Gasteiger partial charge in [0.1, 0.15) is 0 Å². The van der Waals surface area contributed by atoms with Crippen LogP contribution in [0.5, 0.6) is 0 Å². The van der Waals surface area contributed by atoms with Gasteiger partial charge in [-0.05, 0) is 32.7 Å². The van der Waals surface area contributed by atoms with Crippen molar-refractivity contribution in [2.75, 3.05) is 32.8 Å². The highest BCUT2D eigenvalue weighted by molar-refractivity contribution is 5.77. The molecule has 94 valence electrons. The highest BCUT2D eigenvalue weighted by atomic mass is 16.3. The molecule has 1 heterocycles. The van der Waals surface area contributed by atoms with Crippen LogP contribution in [0, 0.1) is 0 Å². The van der Waals surface area contributed by atoms with E-state index in [1.807, 2.05) is 11.8 Å². The van der Waals surface area contributed by atoms with Crippen molar-refractivity contribution >= 4 is 5.91 Å². The van der Waals surface area contributed by atoms with Crippen molar-refractivity contribution < 1.29 is 15.0 Å². The highest BCUT2D eigenvalue weighted by Crippen LogP contribution is 2.20. The number of nitrogens with zero attached hydrogens (tertiary/aromatic N) is 1. The van der Waals surface area contributed by atoms with E-state index in [9.17, 15) is 9.90 Å². The van der Waals surface area contributed by atoms with Gasteiger partial charge in [-0.15, -0.1) is 0 Å². The van der Waals surface area contributed by atoms with Gasteiger partial charge in [0.2, 0.25) is 5.91 Å². The smallest absolute Gasteiger partial charge is 0.234 e. The fraction of sp³-hybridized carbons (Fsp3) is 0.909. The number of rotatable bonds is 4. The number of likely N-dealkylation sites (tertiary alicyclic amines) is 1. The van der Waals surface area contributed by atoms with E-state index < -0.39 is 5.60 Å². The van der Waals surface area contributed by atoms with Gasteiger partial charge in [0.05, 0.1) is 18.8 Å². The van der Waals surface area contributed by atoms with Gasteiger partial charge in [0, 0.05) is 13.1 Å². The van der Waals surface area contributed by atoms with Gasteiger partial charge >= 0.3 is 0 Å². The molecule has 1 aliphatic rings. The van der Waals surface area contributed by atoms with Gasteiger partial charge in [-0.3, -0.25) is 9.69 Å². The number of hydrogen-bond donors (Lipinski definition) is 3. The number of aliphatic hydroxyl groups is 2. The van der Waals surface area contributed by atoms with E-state index in [1.165, 1.54) is 0 Å². The van der Waals surface area contributed by atoms with Crippen LogP contribution in [0.3, 0.4) is 0 Å². The van der Waals surface area contributed by atoms with E-state index in [4.69, 9.17) is 5.11 Å². The second kappa shape index (κ2) is 6.18. The minimum atomic E-state index is -0.587. The summed E-state index contributed by atoms with van der Waals surface area (Å²) >= 11 is 0. The van der Waals surface area contributed by atoms with Gasteiger partial charge in [0.25, 0.3) is 0 Å². The van der Waals surface area contributed by atoms with E-state index >= 15 is 0 Å². The van der Waals surface area contributed by atoms with Crippen LogP contribution in [0.15, 0.2) is 0 Å². The molecule has 0 aromatic rings. The average Bonchev–Trinajstić information content (AvgIpc) is 2.37. The molecule has 5 nitrogen and oxygen atoms in total. The molecule has 0 aromatic heterocycles. The van der Waals surface area contributed by atoms with Gasteiger partial charge in [-0.25, -0.2) is 0 Å².